The van der Waals surface area contributed by atoms with Crippen molar-refractivity contribution in [3.63, 3.8) is 0 Å². The SMILES string of the molecule is C=C(N)/N=C(N)\C(=C(/C)O)C1CCN(c2ccc(C#N)cc2)C1. The molecule has 1 aliphatic rings. The summed E-state index contributed by atoms with van der Waals surface area (Å²) in [4.78, 5) is 6.16. The van der Waals surface area contributed by atoms with Crippen LogP contribution in [0.1, 0.15) is 18.9 Å². The molecule has 6 nitrogen and oxygen atoms in total. The van der Waals surface area contributed by atoms with Crippen LogP contribution in [-0.2, 0) is 0 Å². The quantitative estimate of drug-likeness (QED) is 0.447. The van der Waals surface area contributed by atoms with E-state index in [0.29, 0.717) is 17.7 Å². The number of nitrogens with two attached hydrogens (primary N) is 2. The number of allylic oxidation sites excluding steroid dienone is 1. The van der Waals surface area contributed by atoms with Gasteiger partial charge >= 0.3 is 0 Å². The van der Waals surface area contributed by atoms with Gasteiger partial charge in [-0.3, -0.25) is 0 Å². The van der Waals surface area contributed by atoms with Gasteiger partial charge in [-0.1, -0.05) is 6.58 Å². The summed E-state index contributed by atoms with van der Waals surface area (Å²) >= 11 is 0. The molecule has 1 aromatic carbocycles. The zero-order valence-electron chi connectivity index (χ0n) is 13.2. The molecule has 1 aromatic rings. The number of aliphatic hydroxyl groups excluding tert-OH is 1. The van der Waals surface area contributed by atoms with E-state index < -0.39 is 0 Å². The first-order valence-electron chi connectivity index (χ1n) is 7.36. The Hall–Kier alpha value is -2.94. The number of nitrogens with zero attached hydrogens (tertiary/aromatic N) is 3. The smallest absolute Gasteiger partial charge is 0.132 e. The summed E-state index contributed by atoms with van der Waals surface area (Å²) in [5.74, 6) is 0.547. The van der Waals surface area contributed by atoms with Crippen molar-refractivity contribution in [2.45, 2.75) is 13.3 Å². The summed E-state index contributed by atoms with van der Waals surface area (Å²) in [7, 11) is 0. The molecule has 23 heavy (non-hydrogen) atoms. The number of hydrogen-bond donors (Lipinski definition) is 3. The molecule has 1 unspecified atom stereocenters. The standard InChI is InChI=1S/C17H21N5O/c1-11(23)16(17(20)21-12(2)19)14-7-8-22(10-14)15-5-3-13(9-18)4-6-15/h3-6,14,23H,2,7-8,10,19H2,1H3,(H2,20,21)/b16-11+. The number of aliphatic imine (C=N–C) groups is 1. The topological polar surface area (TPSA) is 112 Å². The third-order valence-corrected chi connectivity index (χ3v) is 3.89. The van der Waals surface area contributed by atoms with Crippen molar-refractivity contribution in [3.8, 4) is 6.07 Å². The molecule has 1 aliphatic heterocycles. The normalized spacial score (nSPS) is 19.2. The molecular weight excluding hydrogens is 290 g/mol. The van der Waals surface area contributed by atoms with Gasteiger partial charge in [-0.25, -0.2) is 4.99 Å². The van der Waals surface area contributed by atoms with E-state index in [4.69, 9.17) is 16.7 Å². The van der Waals surface area contributed by atoms with Crippen molar-refractivity contribution in [2.75, 3.05) is 18.0 Å². The van der Waals surface area contributed by atoms with Crippen LogP contribution >= 0.6 is 0 Å². The summed E-state index contributed by atoms with van der Waals surface area (Å²) in [5, 5.41) is 18.8. The highest BCUT2D eigenvalue weighted by Gasteiger charge is 2.29. The second kappa shape index (κ2) is 6.88. The van der Waals surface area contributed by atoms with Crippen molar-refractivity contribution >= 4 is 11.5 Å². The van der Waals surface area contributed by atoms with Crippen LogP contribution in [-0.4, -0.2) is 24.0 Å². The van der Waals surface area contributed by atoms with E-state index in [-0.39, 0.29) is 23.3 Å². The van der Waals surface area contributed by atoms with E-state index in [0.717, 1.165) is 18.7 Å². The third kappa shape index (κ3) is 3.83. The number of amidine groups is 1. The van der Waals surface area contributed by atoms with Gasteiger partial charge in [0.15, 0.2) is 0 Å². The predicted octanol–water partition coefficient (Wildman–Crippen LogP) is 2.00. The summed E-state index contributed by atoms with van der Waals surface area (Å²) in [5.41, 5.74) is 13.7. The first-order chi connectivity index (χ1) is 10.9. The second-order valence-electron chi connectivity index (χ2n) is 5.58. The predicted molar refractivity (Wildman–Crippen MR) is 91.8 cm³/mol. The maximum absolute atomic E-state index is 9.97. The molecule has 0 amide bonds. The summed E-state index contributed by atoms with van der Waals surface area (Å²) in [6.07, 6.45) is 0.848. The Labute approximate surface area is 136 Å². The first-order valence-corrected chi connectivity index (χ1v) is 7.36. The monoisotopic (exact) mass is 311 g/mol. The molecule has 0 spiro atoms. The second-order valence-corrected chi connectivity index (χ2v) is 5.58. The van der Waals surface area contributed by atoms with E-state index in [1.54, 1.807) is 19.1 Å². The zero-order valence-corrected chi connectivity index (χ0v) is 13.2. The molecule has 1 fully saturated rings. The molecule has 0 aliphatic carbocycles. The van der Waals surface area contributed by atoms with Crippen molar-refractivity contribution in [3.05, 3.63) is 53.6 Å². The van der Waals surface area contributed by atoms with E-state index in [1.807, 2.05) is 12.1 Å². The Morgan fingerprint density at radius 1 is 1.39 bits per heavy atom. The van der Waals surface area contributed by atoms with Crippen molar-refractivity contribution in [1.82, 2.24) is 0 Å². The van der Waals surface area contributed by atoms with E-state index in [2.05, 4.69) is 22.5 Å². The van der Waals surface area contributed by atoms with Gasteiger partial charge in [0.05, 0.1) is 17.4 Å². The highest BCUT2D eigenvalue weighted by Crippen LogP contribution is 2.29. The lowest BCUT2D eigenvalue weighted by Crippen LogP contribution is -2.26. The van der Waals surface area contributed by atoms with Crippen LogP contribution in [0.5, 0.6) is 0 Å². The lowest BCUT2D eigenvalue weighted by Gasteiger charge is -2.20. The maximum Gasteiger partial charge on any atom is 0.132 e. The van der Waals surface area contributed by atoms with Crippen LogP contribution in [0.3, 0.4) is 0 Å². The van der Waals surface area contributed by atoms with E-state index in [1.165, 1.54) is 0 Å². The molecule has 1 heterocycles. The average molecular weight is 311 g/mol. The Bertz CT molecular complexity index is 693. The summed E-state index contributed by atoms with van der Waals surface area (Å²) in [6, 6.07) is 9.55. The van der Waals surface area contributed by atoms with E-state index >= 15 is 0 Å². The highest BCUT2D eigenvalue weighted by atomic mass is 16.3. The van der Waals surface area contributed by atoms with Crippen molar-refractivity contribution < 1.29 is 5.11 Å². The minimum absolute atomic E-state index is 0.0683. The lowest BCUT2D eigenvalue weighted by atomic mass is 9.96. The van der Waals surface area contributed by atoms with Gasteiger partial charge < -0.3 is 21.5 Å². The van der Waals surface area contributed by atoms with Crippen LogP contribution in [0.4, 0.5) is 5.69 Å². The van der Waals surface area contributed by atoms with Gasteiger partial charge in [0.1, 0.15) is 11.7 Å². The molecule has 6 heteroatoms. The van der Waals surface area contributed by atoms with Crippen LogP contribution in [0.25, 0.3) is 0 Å². The Morgan fingerprint density at radius 3 is 2.57 bits per heavy atom. The number of rotatable bonds is 4. The van der Waals surface area contributed by atoms with Crippen LogP contribution in [0, 0.1) is 17.2 Å². The molecule has 0 saturated carbocycles. The molecule has 1 atom stereocenters. The lowest BCUT2D eigenvalue weighted by molar-refractivity contribution is 0.401. The van der Waals surface area contributed by atoms with Crippen LogP contribution in [0.15, 0.2) is 53.0 Å². The summed E-state index contributed by atoms with van der Waals surface area (Å²) in [6.45, 7) is 6.66. The van der Waals surface area contributed by atoms with Gasteiger partial charge in [0.25, 0.3) is 0 Å². The molecule has 0 aromatic heterocycles. The highest BCUT2D eigenvalue weighted by molar-refractivity contribution is 5.98. The molecule has 2 rings (SSSR count). The van der Waals surface area contributed by atoms with Gasteiger partial charge in [0.2, 0.25) is 0 Å². The largest absolute Gasteiger partial charge is 0.512 e. The average Bonchev–Trinajstić information content (AvgIpc) is 2.95. The number of anilines is 1. The Kier molecular flexibility index (Phi) is 4.91. The molecular formula is C17H21N5O. The van der Waals surface area contributed by atoms with Crippen LogP contribution in [0.2, 0.25) is 0 Å². The fraction of sp³-hybridized carbons (Fsp3) is 0.294. The fourth-order valence-electron chi connectivity index (χ4n) is 2.88. The summed E-state index contributed by atoms with van der Waals surface area (Å²) < 4.78 is 0. The third-order valence-electron chi connectivity index (χ3n) is 3.89. The number of aliphatic hydroxyl groups is 1. The first kappa shape index (κ1) is 16.4. The van der Waals surface area contributed by atoms with Crippen molar-refractivity contribution in [1.29, 1.82) is 5.26 Å². The molecule has 5 N–H and O–H groups in total. The van der Waals surface area contributed by atoms with E-state index in [9.17, 15) is 5.11 Å². The molecule has 0 bridgehead atoms. The minimum Gasteiger partial charge on any atom is -0.512 e. The molecule has 0 radical (unpaired) electrons. The number of hydrogen-bond acceptors (Lipinski definition) is 5. The number of benzene rings is 1. The van der Waals surface area contributed by atoms with Gasteiger partial charge in [-0.15, -0.1) is 0 Å². The van der Waals surface area contributed by atoms with Gasteiger partial charge in [-0.2, -0.15) is 5.26 Å². The van der Waals surface area contributed by atoms with Crippen LogP contribution < -0.4 is 16.4 Å². The maximum atomic E-state index is 9.97. The number of nitriles is 1. The van der Waals surface area contributed by atoms with Gasteiger partial charge in [-0.05, 0) is 37.6 Å². The molecule has 120 valence electrons. The Balaban J connectivity index is 2.18. The minimum atomic E-state index is 0.0683. The zero-order chi connectivity index (χ0) is 17.0. The molecule has 1 saturated heterocycles. The van der Waals surface area contributed by atoms with Crippen molar-refractivity contribution in [2.24, 2.45) is 22.4 Å². The Morgan fingerprint density at radius 2 is 2.04 bits per heavy atom. The van der Waals surface area contributed by atoms with Gasteiger partial charge in [0, 0.05) is 30.3 Å². The fourth-order valence-corrected chi connectivity index (χ4v) is 2.88.